The zero-order valence-electron chi connectivity index (χ0n) is 16.7. The van der Waals surface area contributed by atoms with E-state index in [0.29, 0.717) is 11.3 Å². The lowest BCUT2D eigenvalue weighted by atomic mass is 9.92. The topological polar surface area (TPSA) is 67.4 Å². The number of nitrogens with zero attached hydrogens (tertiary/aromatic N) is 3. The molecule has 2 atom stereocenters. The third kappa shape index (κ3) is 4.83. The first-order valence-corrected chi connectivity index (χ1v) is 9.37. The lowest BCUT2D eigenvalue weighted by Gasteiger charge is -2.36. The minimum atomic E-state index is -0.192. The summed E-state index contributed by atoms with van der Waals surface area (Å²) >= 11 is 0. The van der Waals surface area contributed by atoms with E-state index in [4.69, 9.17) is 4.74 Å². The first kappa shape index (κ1) is 19.3. The van der Waals surface area contributed by atoms with Crippen molar-refractivity contribution in [3.63, 3.8) is 0 Å². The lowest BCUT2D eigenvalue weighted by Crippen LogP contribution is -2.45. The highest BCUT2D eigenvalue weighted by Crippen LogP contribution is 2.22. The number of pyridine rings is 2. The molecule has 1 amide bonds. The van der Waals surface area contributed by atoms with Crippen LogP contribution in [-0.4, -0.2) is 41.2 Å². The third-order valence-electron chi connectivity index (χ3n) is 4.54. The van der Waals surface area contributed by atoms with Crippen molar-refractivity contribution in [2.24, 2.45) is 0 Å². The third-order valence-corrected chi connectivity index (χ3v) is 4.54. The number of anilines is 2. The van der Waals surface area contributed by atoms with Crippen LogP contribution >= 0.6 is 0 Å². The van der Waals surface area contributed by atoms with Crippen molar-refractivity contribution in [1.29, 1.82) is 0 Å². The average molecular weight is 368 g/mol. The highest BCUT2D eigenvalue weighted by Gasteiger charge is 2.23. The largest absolute Gasteiger partial charge is 0.372 e. The fraction of sp³-hybridized carbons (Fsp3) is 0.476. The molecule has 144 valence electrons. The lowest BCUT2D eigenvalue weighted by molar-refractivity contribution is -0.00546. The minimum Gasteiger partial charge on any atom is -0.372 e. The van der Waals surface area contributed by atoms with E-state index in [9.17, 15) is 4.79 Å². The molecule has 3 heterocycles. The van der Waals surface area contributed by atoms with Gasteiger partial charge in [0.15, 0.2) is 0 Å². The van der Waals surface area contributed by atoms with E-state index in [-0.39, 0.29) is 23.5 Å². The van der Waals surface area contributed by atoms with Gasteiger partial charge in [-0.3, -0.25) is 9.78 Å². The Bertz CT molecular complexity index is 771. The molecule has 27 heavy (non-hydrogen) atoms. The second-order valence-corrected chi connectivity index (χ2v) is 8.20. The average Bonchev–Trinajstić information content (AvgIpc) is 2.61. The number of nitrogens with one attached hydrogen (secondary N) is 1. The monoisotopic (exact) mass is 368 g/mol. The van der Waals surface area contributed by atoms with Gasteiger partial charge in [0.05, 0.1) is 29.7 Å². The fourth-order valence-electron chi connectivity index (χ4n) is 3.19. The number of aromatic nitrogens is 2. The van der Waals surface area contributed by atoms with E-state index in [2.05, 4.69) is 54.8 Å². The Morgan fingerprint density at radius 3 is 2.30 bits per heavy atom. The smallest absolute Gasteiger partial charge is 0.257 e. The second-order valence-electron chi connectivity index (χ2n) is 8.20. The number of carbonyl (C=O) groups excluding carboxylic acids is 1. The van der Waals surface area contributed by atoms with Gasteiger partial charge in [-0.2, -0.15) is 0 Å². The molecule has 2 aromatic rings. The number of hydrogen-bond donors (Lipinski definition) is 1. The van der Waals surface area contributed by atoms with Crippen LogP contribution in [0.25, 0.3) is 0 Å². The predicted molar refractivity (Wildman–Crippen MR) is 107 cm³/mol. The molecule has 2 aromatic heterocycles. The van der Waals surface area contributed by atoms with Crippen LogP contribution in [0.2, 0.25) is 0 Å². The Morgan fingerprint density at radius 1 is 1.07 bits per heavy atom. The van der Waals surface area contributed by atoms with Gasteiger partial charge >= 0.3 is 0 Å². The van der Waals surface area contributed by atoms with Crippen molar-refractivity contribution in [2.75, 3.05) is 23.3 Å². The van der Waals surface area contributed by atoms with E-state index < -0.39 is 0 Å². The van der Waals surface area contributed by atoms with Gasteiger partial charge in [-0.05, 0) is 38.1 Å². The zero-order chi connectivity index (χ0) is 19.6. The fourth-order valence-corrected chi connectivity index (χ4v) is 3.19. The van der Waals surface area contributed by atoms with Gasteiger partial charge in [0.1, 0.15) is 5.82 Å². The number of ether oxygens (including phenoxy) is 1. The molecule has 0 saturated carbocycles. The van der Waals surface area contributed by atoms with Crippen LogP contribution in [0.4, 0.5) is 11.5 Å². The summed E-state index contributed by atoms with van der Waals surface area (Å²) in [6, 6.07) is 7.52. The molecule has 0 spiro atoms. The minimum absolute atomic E-state index is 0.0171. The summed E-state index contributed by atoms with van der Waals surface area (Å²) in [5, 5.41) is 2.87. The van der Waals surface area contributed by atoms with Crippen molar-refractivity contribution in [1.82, 2.24) is 9.97 Å². The van der Waals surface area contributed by atoms with Gasteiger partial charge in [-0.1, -0.05) is 20.8 Å². The molecule has 1 aliphatic heterocycles. The maximum absolute atomic E-state index is 12.5. The molecule has 0 bridgehead atoms. The van der Waals surface area contributed by atoms with Crippen LogP contribution in [0.15, 0.2) is 36.7 Å². The quantitative estimate of drug-likeness (QED) is 0.896. The number of hydrogen-bond acceptors (Lipinski definition) is 5. The summed E-state index contributed by atoms with van der Waals surface area (Å²) < 4.78 is 5.76. The molecule has 1 aliphatic rings. The van der Waals surface area contributed by atoms with E-state index in [1.165, 1.54) is 0 Å². The van der Waals surface area contributed by atoms with Gasteiger partial charge in [-0.15, -0.1) is 0 Å². The van der Waals surface area contributed by atoms with Gasteiger partial charge in [0.2, 0.25) is 0 Å². The standard InChI is InChI=1S/C21H28N4O2/c1-14-12-25(13-15(2)27-14)19-9-6-16(10-23-19)20(26)24-17-7-8-18(22-11-17)21(3,4)5/h6-11,14-15H,12-13H2,1-5H3,(H,24,26). The van der Waals surface area contributed by atoms with Crippen LogP contribution in [-0.2, 0) is 10.2 Å². The second kappa shape index (κ2) is 7.64. The molecule has 0 aliphatic carbocycles. The molecule has 6 heteroatoms. The summed E-state index contributed by atoms with van der Waals surface area (Å²) in [6.07, 6.45) is 3.65. The molecular weight excluding hydrogens is 340 g/mol. The number of carbonyl (C=O) groups is 1. The summed E-state index contributed by atoms with van der Waals surface area (Å²) in [5.74, 6) is 0.674. The Labute approximate surface area is 161 Å². The normalized spacial score (nSPS) is 20.4. The van der Waals surface area contributed by atoms with Crippen LogP contribution in [0.3, 0.4) is 0 Å². The highest BCUT2D eigenvalue weighted by molar-refractivity contribution is 6.04. The Hall–Kier alpha value is -2.47. The van der Waals surface area contributed by atoms with Gasteiger partial charge in [-0.25, -0.2) is 4.98 Å². The van der Waals surface area contributed by atoms with E-state index in [1.807, 2.05) is 18.2 Å². The summed E-state index contributed by atoms with van der Waals surface area (Å²) in [4.78, 5) is 23.6. The number of amides is 1. The summed E-state index contributed by atoms with van der Waals surface area (Å²) in [6.45, 7) is 12.0. The first-order chi connectivity index (χ1) is 12.7. The summed E-state index contributed by atoms with van der Waals surface area (Å²) in [7, 11) is 0. The van der Waals surface area contributed by atoms with Gasteiger partial charge < -0.3 is 15.0 Å². The molecule has 3 rings (SSSR count). The van der Waals surface area contributed by atoms with Crippen LogP contribution < -0.4 is 10.2 Å². The van der Waals surface area contributed by atoms with E-state index in [0.717, 1.165) is 24.6 Å². The molecule has 0 radical (unpaired) electrons. The van der Waals surface area contributed by atoms with Crippen molar-refractivity contribution in [2.45, 2.75) is 52.2 Å². The number of morpholine rings is 1. The van der Waals surface area contributed by atoms with Crippen molar-refractivity contribution >= 4 is 17.4 Å². The van der Waals surface area contributed by atoms with Crippen molar-refractivity contribution < 1.29 is 9.53 Å². The van der Waals surface area contributed by atoms with Crippen LogP contribution in [0.1, 0.15) is 50.7 Å². The van der Waals surface area contributed by atoms with Gasteiger partial charge in [0, 0.05) is 30.4 Å². The molecule has 1 fully saturated rings. The molecule has 2 unspecified atom stereocenters. The maximum atomic E-state index is 12.5. The molecule has 1 N–H and O–H groups in total. The zero-order valence-corrected chi connectivity index (χ0v) is 16.7. The highest BCUT2D eigenvalue weighted by atomic mass is 16.5. The van der Waals surface area contributed by atoms with E-state index in [1.54, 1.807) is 18.5 Å². The Morgan fingerprint density at radius 2 is 1.78 bits per heavy atom. The SMILES string of the molecule is CC1CN(c2ccc(C(=O)Nc3ccc(C(C)(C)C)nc3)cn2)CC(C)O1. The molecule has 0 aromatic carbocycles. The van der Waals surface area contributed by atoms with Crippen LogP contribution in [0, 0.1) is 0 Å². The Kier molecular flexibility index (Phi) is 5.46. The van der Waals surface area contributed by atoms with E-state index >= 15 is 0 Å². The number of rotatable bonds is 3. The van der Waals surface area contributed by atoms with Crippen molar-refractivity contribution in [3.05, 3.63) is 47.9 Å². The van der Waals surface area contributed by atoms with Crippen molar-refractivity contribution in [3.8, 4) is 0 Å². The Balaban J connectivity index is 1.65. The first-order valence-electron chi connectivity index (χ1n) is 9.37. The molecule has 1 saturated heterocycles. The maximum Gasteiger partial charge on any atom is 0.257 e. The molecule has 6 nitrogen and oxygen atoms in total. The van der Waals surface area contributed by atoms with Gasteiger partial charge in [0.25, 0.3) is 5.91 Å². The van der Waals surface area contributed by atoms with Crippen LogP contribution in [0.5, 0.6) is 0 Å². The predicted octanol–water partition coefficient (Wildman–Crippen LogP) is 3.64. The summed E-state index contributed by atoms with van der Waals surface area (Å²) in [5.41, 5.74) is 2.16. The molecular formula is C21H28N4O2.